The van der Waals surface area contributed by atoms with Crippen LogP contribution in [0, 0.1) is 6.92 Å². The van der Waals surface area contributed by atoms with Crippen molar-refractivity contribution in [2.45, 2.75) is 32.8 Å². The number of hydrogen-bond donors (Lipinski definition) is 1. The first kappa shape index (κ1) is 25.9. The van der Waals surface area contributed by atoms with Gasteiger partial charge < -0.3 is 19.7 Å². The van der Waals surface area contributed by atoms with Gasteiger partial charge in [-0.15, -0.1) is 0 Å². The highest BCUT2D eigenvalue weighted by Crippen LogP contribution is 2.34. The zero-order chi connectivity index (χ0) is 25.3. The molecule has 2 aromatic rings. The minimum atomic E-state index is 0.0234. The molecule has 4 rings (SSSR count). The van der Waals surface area contributed by atoms with E-state index in [2.05, 4.69) is 59.2 Å². The molecule has 2 aliphatic heterocycles. The molecule has 0 radical (unpaired) electrons. The predicted octanol–water partition coefficient (Wildman–Crippen LogP) is 4.91. The summed E-state index contributed by atoms with van der Waals surface area (Å²) in [6.45, 7) is 14.2. The van der Waals surface area contributed by atoms with Crippen LogP contribution in [0.4, 0.5) is 10.5 Å². The van der Waals surface area contributed by atoms with Crippen molar-refractivity contribution in [1.29, 1.82) is 0 Å². The number of nitrogens with one attached hydrogen (secondary N) is 1. The van der Waals surface area contributed by atoms with Crippen molar-refractivity contribution in [3.05, 3.63) is 53.6 Å². The van der Waals surface area contributed by atoms with Crippen molar-refractivity contribution in [2.24, 2.45) is 4.99 Å². The molecule has 2 saturated heterocycles. The number of allylic oxidation sites excluding steroid dienone is 1. The molecule has 2 aromatic carbocycles. The van der Waals surface area contributed by atoms with Gasteiger partial charge in [-0.2, -0.15) is 0 Å². The Morgan fingerprint density at radius 1 is 1.14 bits per heavy atom. The first-order valence-electron chi connectivity index (χ1n) is 12.9. The van der Waals surface area contributed by atoms with Crippen LogP contribution in [0.1, 0.15) is 30.9 Å². The second-order valence-electron chi connectivity index (χ2n) is 9.35. The quantitative estimate of drug-likeness (QED) is 0.534. The molecule has 0 atom stereocenters. The molecule has 2 heterocycles. The molecular weight excluding hydrogens is 452 g/mol. The van der Waals surface area contributed by atoms with E-state index in [-0.39, 0.29) is 12.1 Å². The van der Waals surface area contributed by atoms with Gasteiger partial charge in [0.1, 0.15) is 11.9 Å². The second-order valence-corrected chi connectivity index (χ2v) is 9.35. The molecule has 0 spiro atoms. The normalized spacial score (nSPS) is 17.3. The molecule has 0 aliphatic carbocycles. The Hall–Kier alpha value is -3.16. The molecule has 2 amide bonds. The number of urea groups is 1. The molecule has 2 fully saturated rings. The number of nitrogens with zero attached hydrogens (tertiary/aromatic N) is 3. The Morgan fingerprint density at radius 3 is 2.53 bits per heavy atom. The van der Waals surface area contributed by atoms with E-state index in [9.17, 15) is 4.79 Å². The van der Waals surface area contributed by atoms with Crippen LogP contribution in [0.25, 0.3) is 17.2 Å². The highest BCUT2D eigenvalue weighted by molar-refractivity contribution is 5.79. The van der Waals surface area contributed by atoms with Crippen LogP contribution in [-0.4, -0.2) is 81.1 Å². The zero-order valence-corrected chi connectivity index (χ0v) is 21.5. The fraction of sp³-hybridized carbons (Fsp3) is 0.448. The highest BCUT2D eigenvalue weighted by atomic mass is 16.5. The van der Waals surface area contributed by atoms with E-state index < -0.39 is 0 Å². The SMILES string of the molecule is C=Nc1c(/C=C\C)ccc(-c2ccc(OC3CCN(C(=O)NCCN4CCOCC4)CC3)cc2)c1C. The molecular formula is C29H38N4O3. The van der Waals surface area contributed by atoms with E-state index >= 15 is 0 Å². The first-order valence-corrected chi connectivity index (χ1v) is 12.9. The van der Waals surface area contributed by atoms with Gasteiger partial charge in [-0.25, -0.2) is 4.79 Å². The number of piperidine rings is 1. The molecule has 0 aromatic heterocycles. The molecule has 0 unspecified atom stereocenters. The maximum atomic E-state index is 12.5. The third-order valence-corrected chi connectivity index (χ3v) is 6.97. The maximum absolute atomic E-state index is 12.5. The number of rotatable bonds is 8. The lowest BCUT2D eigenvalue weighted by atomic mass is 9.96. The Morgan fingerprint density at radius 2 is 1.86 bits per heavy atom. The Kier molecular flexibility index (Phi) is 9.14. The number of aliphatic imine (C=N–C) groups is 1. The van der Waals surface area contributed by atoms with Crippen molar-refractivity contribution in [2.75, 3.05) is 52.5 Å². The van der Waals surface area contributed by atoms with Crippen molar-refractivity contribution >= 4 is 24.5 Å². The fourth-order valence-corrected chi connectivity index (χ4v) is 4.90. The number of hydrogen-bond acceptors (Lipinski definition) is 5. The van der Waals surface area contributed by atoms with Gasteiger partial charge in [-0.1, -0.05) is 36.4 Å². The fourth-order valence-electron chi connectivity index (χ4n) is 4.90. The minimum absolute atomic E-state index is 0.0234. The summed E-state index contributed by atoms with van der Waals surface area (Å²) >= 11 is 0. The lowest BCUT2D eigenvalue weighted by Gasteiger charge is -2.32. The van der Waals surface area contributed by atoms with Gasteiger partial charge in [0.05, 0.1) is 18.9 Å². The van der Waals surface area contributed by atoms with Crippen LogP contribution in [0.2, 0.25) is 0 Å². The van der Waals surface area contributed by atoms with Gasteiger partial charge in [-0.3, -0.25) is 9.89 Å². The van der Waals surface area contributed by atoms with Gasteiger partial charge in [-0.05, 0) is 49.4 Å². The van der Waals surface area contributed by atoms with E-state index in [1.165, 1.54) is 0 Å². The summed E-state index contributed by atoms with van der Waals surface area (Å²) in [5.74, 6) is 0.859. The van der Waals surface area contributed by atoms with Gasteiger partial charge in [0, 0.05) is 57.7 Å². The first-order chi connectivity index (χ1) is 17.6. The summed E-state index contributed by atoms with van der Waals surface area (Å²) in [4.78, 5) is 21.0. The molecule has 36 heavy (non-hydrogen) atoms. The van der Waals surface area contributed by atoms with Gasteiger partial charge in [0.15, 0.2) is 0 Å². The molecule has 2 aliphatic rings. The van der Waals surface area contributed by atoms with Crippen LogP contribution < -0.4 is 10.1 Å². The zero-order valence-electron chi connectivity index (χ0n) is 21.5. The highest BCUT2D eigenvalue weighted by Gasteiger charge is 2.24. The van der Waals surface area contributed by atoms with Gasteiger partial charge in [0.2, 0.25) is 0 Å². The summed E-state index contributed by atoms with van der Waals surface area (Å²) in [5, 5.41) is 3.06. The predicted molar refractivity (Wildman–Crippen MR) is 146 cm³/mol. The smallest absolute Gasteiger partial charge is 0.317 e. The lowest BCUT2D eigenvalue weighted by molar-refractivity contribution is 0.0384. The third-order valence-electron chi connectivity index (χ3n) is 6.97. The van der Waals surface area contributed by atoms with Crippen molar-refractivity contribution in [1.82, 2.24) is 15.1 Å². The van der Waals surface area contributed by atoms with Crippen LogP contribution in [0.5, 0.6) is 5.75 Å². The van der Waals surface area contributed by atoms with E-state index in [1.807, 2.05) is 30.0 Å². The average molecular weight is 491 g/mol. The summed E-state index contributed by atoms with van der Waals surface area (Å²) in [7, 11) is 0. The second kappa shape index (κ2) is 12.7. The largest absolute Gasteiger partial charge is 0.490 e. The van der Waals surface area contributed by atoms with E-state index in [0.717, 1.165) is 79.4 Å². The number of benzene rings is 2. The van der Waals surface area contributed by atoms with Crippen LogP contribution in [-0.2, 0) is 4.74 Å². The number of carbonyl (C=O) groups is 1. The van der Waals surface area contributed by atoms with E-state index in [4.69, 9.17) is 9.47 Å². The van der Waals surface area contributed by atoms with E-state index in [0.29, 0.717) is 19.6 Å². The number of morpholine rings is 1. The standard InChI is InChI=1S/C29H38N4O3/c1-4-5-24-8-11-27(22(2)28(24)30-3)23-6-9-25(10-7-23)36-26-12-15-33(16-13-26)29(34)31-14-17-32-18-20-35-21-19-32/h4-11,26H,3,12-21H2,1-2H3,(H,31,34)/b5-4-. The number of likely N-dealkylation sites (tertiary alicyclic amines) is 1. The lowest BCUT2D eigenvalue weighted by Crippen LogP contribution is -2.48. The molecule has 0 saturated carbocycles. The molecule has 0 bridgehead atoms. The Balaban J connectivity index is 1.26. The number of amides is 2. The van der Waals surface area contributed by atoms with Crippen LogP contribution in [0.3, 0.4) is 0 Å². The molecule has 7 nitrogen and oxygen atoms in total. The van der Waals surface area contributed by atoms with Crippen molar-refractivity contribution in [3.63, 3.8) is 0 Å². The molecule has 7 heteroatoms. The molecule has 192 valence electrons. The Labute approximate surface area is 214 Å². The Bertz CT molecular complexity index is 1050. The number of carbonyl (C=O) groups excluding carboxylic acids is 1. The summed E-state index contributed by atoms with van der Waals surface area (Å²) in [5.41, 5.74) is 5.38. The topological polar surface area (TPSA) is 66.4 Å². The van der Waals surface area contributed by atoms with Gasteiger partial charge >= 0.3 is 6.03 Å². The number of ether oxygens (including phenoxy) is 2. The van der Waals surface area contributed by atoms with Crippen LogP contribution >= 0.6 is 0 Å². The van der Waals surface area contributed by atoms with Gasteiger partial charge in [0.25, 0.3) is 0 Å². The monoisotopic (exact) mass is 490 g/mol. The summed E-state index contributed by atoms with van der Waals surface area (Å²) < 4.78 is 11.6. The van der Waals surface area contributed by atoms with Crippen molar-refractivity contribution < 1.29 is 14.3 Å². The maximum Gasteiger partial charge on any atom is 0.317 e. The third kappa shape index (κ3) is 6.53. The average Bonchev–Trinajstić information content (AvgIpc) is 2.91. The minimum Gasteiger partial charge on any atom is -0.490 e. The van der Waals surface area contributed by atoms with Crippen molar-refractivity contribution in [3.8, 4) is 16.9 Å². The summed E-state index contributed by atoms with van der Waals surface area (Å²) in [6.07, 6.45) is 5.85. The molecule has 1 N–H and O–H groups in total. The van der Waals surface area contributed by atoms with Crippen LogP contribution in [0.15, 0.2) is 47.5 Å². The summed E-state index contributed by atoms with van der Waals surface area (Å²) in [6, 6.07) is 12.5. The van der Waals surface area contributed by atoms with E-state index in [1.54, 1.807) is 0 Å².